The van der Waals surface area contributed by atoms with Gasteiger partial charge in [0, 0.05) is 12.8 Å². The Kier molecular flexibility index (Phi) is 5.74. The number of carbonyl (C=O) groups excluding carboxylic acids is 1. The van der Waals surface area contributed by atoms with Gasteiger partial charge in [-0.15, -0.1) is 0 Å². The molecule has 88 valence electrons. The first-order chi connectivity index (χ1) is 7.75. The quantitative estimate of drug-likeness (QED) is 0.563. The average Bonchev–Trinajstić information content (AvgIpc) is 2.29. The highest BCUT2D eigenvalue weighted by molar-refractivity contribution is 6.33. The Morgan fingerprint density at radius 2 is 2.25 bits per heavy atom. The van der Waals surface area contributed by atoms with Gasteiger partial charge in [-0.1, -0.05) is 18.5 Å². The lowest BCUT2D eigenvalue weighted by atomic mass is 10.4. The van der Waals surface area contributed by atoms with E-state index in [-0.39, 0.29) is 17.3 Å². The standard InChI is InChI=1S/C10H13ClN2O3/c1-2-3-15-4-5-16-10(14)9-8(11)6-12-7-13-9/h6-7H,2-5H2,1H3. The van der Waals surface area contributed by atoms with E-state index in [1.807, 2.05) is 6.92 Å². The molecule has 0 aliphatic rings. The van der Waals surface area contributed by atoms with Crippen molar-refractivity contribution in [2.75, 3.05) is 19.8 Å². The van der Waals surface area contributed by atoms with Crippen LogP contribution in [0.15, 0.2) is 12.5 Å². The lowest BCUT2D eigenvalue weighted by Crippen LogP contribution is -2.13. The Bertz CT molecular complexity index is 347. The van der Waals surface area contributed by atoms with Gasteiger partial charge >= 0.3 is 5.97 Å². The largest absolute Gasteiger partial charge is 0.458 e. The third kappa shape index (κ3) is 4.12. The number of rotatable bonds is 6. The van der Waals surface area contributed by atoms with Gasteiger partial charge in [-0.3, -0.25) is 0 Å². The summed E-state index contributed by atoms with van der Waals surface area (Å²) in [7, 11) is 0. The summed E-state index contributed by atoms with van der Waals surface area (Å²) < 4.78 is 10.1. The molecule has 0 radical (unpaired) electrons. The van der Waals surface area contributed by atoms with E-state index in [2.05, 4.69) is 9.97 Å². The zero-order chi connectivity index (χ0) is 11.8. The van der Waals surface area contributed by atoms with Crippen molar-refractivity contribution >= 4 is 17.6 Å². The molecule has 0 N–H and O–H groups in total. The van der Waals surface area contributed by atoms with E-state index in [1.165, 1.54) is 12.5 Å². The molecule has 0 unspecified atom stereocenters. The smallest absolute Gasteiger partial charge is 0.358 e. The third-order valence-corrected chi connectivity index (χ3v) is 1.95. The van der Waals surface area contributed by atoms with Crippen LogP contribution in [-0.2, 0) is 9.47 Å². The fourth-order valence-corrected chi connectivity index (χ4v) is 1.15. The molecule has 6 heteroatoms. The topological polar surface area (TPSA) is 61.3 Å². The molecule has 0 saturated heterocycles. The monoisotopic (exact) mass is 244 g/mol. The molecule has 0 amide bonds. The molecule has 1 aromatic heterocycles. The van der Waals surface area contributed by atoms with Gasteiger partial charge in [0.25, 0.3) is 0 Å². The number of ether oxygens (including phenoxy) is 2. The zero-order valence-corrected chi connectivity index (χ0v) is 9.74. The van der Waals surface area contributed by atoms with Crippen LogP contribution in [0, 0.1) is 0 Å². The van der Waals surface area contributed by atoms with E-state index >= 15 is 0 Å². The molecule has 0 aliphatic carbocycles. The van der Waals surface area contributed by atoms with Crippen LogP contribution in [-0.4, -0.2) is 35.8 Å². The van der Waals surface area contributed by atoms with Gasteiger partial charge in [0.1, 0.15) is 12.9 Å². The van der Waals surface area contributed by atoms with Crippen molar-refractivity contribution < 1.29 is 14.3 Å². The first-order valence-corrected chi connectivity index (χ1v) is 5.34. The fraction of sp³-hybridized carbons (Fsp3) is 0.500. The van der Waals surface area contributed by atoms with Crippen LogP contribution < -0.4 is 0 Å². The summed E-state index contributed by atoms with van der Waals surface area (Å²) in [6.45, 7) is 3.24. The van der Waals surface area contributed by atoms with Crippen molar-refractivity contribution in [3.63, 3.8) is 0 Å². The van der Waals surface area contributed by atoms with E-state index in [0.717, 1.165) is 6.42 Å². The molecule has 0 fully saturated rings. The Morgan fingerprint density at radius 3 is 2.94 bits per heavy atom. The van der Waals surface area contributed by atoms with Crippen LogP contribution in [0.5, 0.6) is 0 Å². The predicted octanol–water partition coefficient (Wildman–Crippen LogP) is 1.71. The average molecular weight is 245 g/mol. The summed E-state index contributed by atoms with van der Waals surface area (Å²) >= 11 is 5.72. The van der Waals surface area contributed by atoms with Gasteiger partial charge in [-0.2, -0.15) is 0 Å². The maximum absolute atomic E-state index is 11.4. The Balaban J connectivity index is 2.33. The van der Waals surface area contributed by atoms with Gasteiger partial charge in [0.05, 0.1) is 11.6 Å². The lowest BCUT2D eigenvalue weighted by molar-refractivity contribution is 0.0313. The number of aromatic nitrogens is 2. The Labute approximate surface area is 98.8 Å². The van der Waals surface area contributed by atoms with Crippen molar-refractivity contribution in [3.8, 4) is 0 Å². The summed E-state index contributed by atoms with van der Waals surface area (Å²) in [5.41, 5.74) is 0.0761. The maximum atomic E-state index is 11.4. The predicted molar refractivity (Wildman–Crippen MR) is 58.4 cm³/mol. The minimum Gasteiger partial charge on any atom is -0.458 e. The van der Waals surface area contributed by atoms with Crippen molar-refractivity contribution in [2.45, 2.75) is 13.3 Å². The summed E-state index contributed by atoms with van der Waals surface area (Å²) in [5.74, 6) is -0.563. The molecule has 0 atom stereocenters. The number of hydrogen-bond acceptors (Lipinski definition) is 5. The van der Waals surface area contributed by atoms with Crippen molar-refractivity contribution in [3.05, 3.63) is 23.2 Å². The number of hydrogen-bond donors (Lipinski definition) is 0. The second-order valence-corrected chi connectivity index (χ2v) is 3.37. The number of esters is 1. The molecular weight excluding hydrogens is 232 g/mol. The number of carbonyl (C=O) groups is 1. The maximum Gasteiger partial charge on any atom is 0.358 e. The van der Waals surface area contributed by atoms with Gasteiger partial charge < -0.3 is 9.47 Å². The van der Waals surface area contributed by atoms with E-state index in [1.54, 1.807) is 0 Å². The first kappa shape index (κ1) is 12.9. The van der Waals surface area contributed by atoms with Gasteiger partial charge in [0.15, 0.2) is 5.69 Å². The molecule has 0 bridgehead atoms. The first-order valence-electron chi connectivity index (χ1n) is 4.96. The van der Waals surface area contributed by atoms with Gasteiger partial charge in [-0.05, 0) is 6.42 Å². The minimum absolute atomic E-state index is 0.0761. The van der Waals surface area contributed by atoms with E-state index in [4.69, 9.17) is 21.1 Å². The molecule has 0 aliphatic heterocycles. The van der Waals surface area contributed by atoms with E-state index in [9.17, 15) is 4.79 Å². The normalized spacial score (nSPS) is 10.1. The Hall–Kier alpha value is -1.20. The SMILES string of the molecule is CCCOCCOC(=O)c1ncncc1Cl. The van der Waals surface area contributed by atoms with Crippen LogP contribution in [0.3, 0.4) is 0 Å². The molecule has 1 heterocycles. The molecule has 1 rings (SSSR count). The van der Waals surface area contributed by atoms with Gasteiger partial charge in [0.2, 0.25) is 0 Å². The van der Waals surface area contributed by atoms with E-state index < -0.39 is 5.97 Å². The van der Waals surface area contributed by atoms with Crippen molar-refractivity contribution in [1.29, 1.82) is 0 Å². The fourth-order valence-electron chi connectivity index (χ4n) is 0.971. The molecule has 0 aromatic carbocycles. The third-order valence-electron chi connectivity index (χ3n) is 1.67. The highest BCUT2D eigenvalue weighted by atomic mass is 35.5. The van der Waals surface area contributed by atoms with Crippen molar-refractivity contribution in [1.82, 2.24) is 9.97 Å². The molecule has 5 nitrogen and oxygen atoms in total. The molecule has 16 heavy (non-hydrogen) atoms. The van der Waals surface area contributed by atoms with Crippen LogP contribution in [0.2, 0.25) is 5.02 Å². The van der Waals surface area contributed by atoms with Crippen LogP contribution in [0.25, 0.3) is 0 Å². The zero-order valence-electron chi connectivity index (χ0n) is 8.98. The lowest BCUT2D eigenvalue weighted by Gasteiger charge is -2.05. The Morgan fingerprint density at radius 1 is 1.44 bits per heavy atom. The van der Waals surface area contributed by atoms with Crippen molar-refractivity contribution in [2.24, 2.45) is 0 Å². The summed E-state index contributed by atoms with van der Waals surface area (Å²) in [4.78, 5) is 18.9. The van der Waals surface area contributed by atoms with Crippen LogP contribution in [0.1, 0.15) is 23.8 Å². The highest BCUT2D eigenvalue weighted by Crippen LogP contribution is 2.11. The molecule has 0 saturated carbocycles. The number of nitrogens with zero attached hydrogens (tertiary/aromatic N) is 2. The second-order valence-electron chi connectivity index (χ2n) is 2.97. The molecular formula is C10H13ClN2O3. The molecule has 1 aromatic rings. The van der Waals surface area contributed by atoms with Crippen LogP contribution >= 0.6 is 11.6 Å². The summed E-state index contributed by atoms with van der Waals surface area (Å²) in [5, 5.41) is 0.182. The highest BCUT2D eigenvalue weighted by Gasteiger charge is 2.12. The van der Waals surface area contributed by atoms with Crippen LogP contribution in [0.4, 0.5) is 0 Å². The summed E-state index contributed by atoms with van der Waals surface area (Å²) in [6.07, 6.45) is 3.53. The molecule has 0 spiro atoms. The van der Waals surface area contributed by atoms with Gasteiger partial charge in [-0.25, -0.2) is 14.8 Å². The van der Waals surface area contributed by atoms with E-state index in [0.29, 0.717) is 13.2 Å². The second kappa shape index (κ2) is 7.14. The number of halogens is 1. The minimum atomic E-state index is -0.563. The summed E-state index contributed by atoms with van der Waals surface area (Å²) in [6, 6.07) is 0.